The smallest absolute Gasteiger partial charge is 0.240 e. The second kappa shape index (κ2) is 6.31. The number of pyridine rings is 1. The molecule has 0 aromatic carbocycles. The molecule has 0 bridgehead atoms. The van der Waals surface area contributed by atoms with Gasteiger partial charge in [-0.2, -0.15) is 0 Å². The predicted molar refractivity (Wildman–Crippen MR) is 72.5 cm³/mol. The molecular formula is C12H19N3O3S. The number of nitrogens with zero attached hydrogens (tertiary/aromatic N) is 1. The van der Waals surface area contributed by atoms with Crippen molar-refractivity contribution in [2.45, 2.75) is 17.7 Å². The van der Waals surface area contributed by atoms with Crippen molar-refractivity contribution in [3.8, 4) is 0 Å². The number of nitrogens with one attached hydrogen (secondary N) is 2. The van der Waals surface area contributed by atoms with Crippen LogP contribution in [0.5, 0.6) is 0 Å². The minimum Gasteiger partial charge on any atom is -0.381 e. The van der Waals surface area contributed by atoms with Crippen LogP contribution in [0.25, 0.3) is 0 Å². The summed E-state index contributed by atoms with van der Waals surface area (Å²) in [6.45, 7) is 1.82. The molecule has 0 spiro atoms. The summed E-state index contributed by atoms with van der Waals surface area (Å²) in [5, 5.41) is 2.82. The molecule has 1 aromatic heterocycles. The molecule has 1 fully saturated rings. The average Bonchev–Trinajstić information content (AvgIpc) is 2.46. The Kier molecular flexibility index (Phi) is 4.73. The summed E-state index contributed by atoms with van der Waals surface area (Å²) in [6.07, 6.45) is 3.47. The van der Waals surface area contributed by atoms with E-state index in [0.29, 0.717) is 19.0 Å². The SMILES string of the molecule is CNc1cc(S(=O)(=O)NCC2CCCOC2)ccn1. The molecule has 7 heteroatoms. The van der Waals surface area contributed by atoms with Gasteiger partial charge in [-0.3, -0.25) is 0 Å². The minimum absolute atomic E-state index is 0.226. The van der Waals surface area contributed by atoms with E-state index in [1.165, 1.54) is 18.3 Å². The molecular weight excluding hydrogens is 266 g/mol. The van der Waals surface area contributed by atoms with E-state index in [9.17, 15) is 8.42 Å². The van der Waals surface area contributed by atoms with Crippen molar-refractivity contribution in [1.29, 1.82) is 0 Å². The van der Waals surface area contributed by atoms with Crippen molar-refractivity contribution in [2.75, 3.05) is 32.1 Å². The van der Waals surface area contributed by atoms with Gasteiger partial charge in [0.1, 0.15) is 5.82 Å². The second-order valence-electron chi connectivity index (χ2n) is 4.56. The highest BCUT2D eigenvalue weighted by molar-refractivity contribution is 7.89. The fourth-order valence-corrected chi connectivity index (χ4v) is 3.12. The Bertz CT molecular complexity index is 513. The van der Waals surface area contributed by atoms with E-state index in [1.54, 1.807) is 7.05 Å². The lowest BCUT2D eigenvalue weighted by atomic mass is 10.0. The van der Waals surface area contributed by atoms with Crippen LogP contribution in [0.2, 0.25) is 0 Å². The van der Waals surface area contributed by atoms with E-state index in [0.717, 1.165) is 19.4 Å². The molecule has 1 aliphatic heterocycles. The molecule has 2 rings (SSSR count). The molecule has 106 valence electrons. The van der Waals surface area contributed by atoms with Gasteiger partial charge in [-0.05, 0) is 24.8 Å². The monoisotopic (exact) mass is 285 g/mol. The predicted octanol–water partition coefficient (Wildman–Crippen LogP) is 0.828. The van der Waals surface area contributed by atoms with Crippen LogP contribution in [0.15, 0.2) is 23.2 Å². The molecule has 1 unspecified atom stereocenters. The van der Waals surface area contributed by atoms with E-state index in [2.05, 4.69) is 15.0 Å². The van der Waals surface area contributed by atoms with Gasteiger partial charge in [-0.1, -0.05) is 0 Å². The maximum absolute atomic E-state index is 12.1. The molecule has 2 N–H and O–H groups in total. The van der Waals surface area contributed by atoms with Crippen LogP contribution in [0.3, 0.4) is 0 Å². The first-order chi connectivity index (χ1) is 9.12. The number of anilines is 1. The zero-order valence-electron chi connectivity index (χ0n) is 10.9. The van der Waals surface area contributed by atoms with E-state index in [-0.39, 0.29) is 10.8 Å². The summed E-state index contributed by atoms with van der Waals surface area (Å²) >= 11 is 0. The van der Waals surface area contributed by atoms with Crippen molar-refractivity contribution in [1.82, 2.24) is 9.71 Å². The molecule has 0 saturated carbocycles. The standard InChI is InChI=1S/C12H19N3O3S/c1-13-12-7-11(4-5-14-12)19(16,17)15-8-10-3-2-6-18-9-10/h4-5,7,10,15H,2-3,6,8-9H2,1H3,(H,13,14). The normalized spacial score (nSPS) is 20.2. The summed E-state index contributed by atoms with van der Waals surface area (Å²) in [7, 11) is -1.78. The highest BCUT2D eigenvalue weighted by Gasteiger charge is 2.19. The van der Waals surface area contributed by atoms with Crippen molar-refractivity contribution in [3.05, 3.63) is 18.3 Å². The molecule has 1 aliphatic rings. The van der Waals surface area contributed by atoms with Crippen LogP contribution in [0, 0.1) is 5.92 Å². The molecule has 0 radical (unpaired) electrons. The van der Waals surface area contributed by atoms with Gasteiger partial charge in [-0.15, -0.1) is 0 Å². The largest absolute Gasteiger partial charge is 0.381 e. The van der Waals surface area contributed by atoms with Gasteiger partial charge in [0.25, 0.3) is 0 Å². The Morgan fingerprint density at radius 3 is 3.05 bits per heavy atom. The molecule has 2 heterocycles. The quantitative estimate of drug-likeness (QED) is 0.837. The molecule has 0 amide bonds. The summed E-state index contributed by atoms with van der Waals surface area (Å²) in [4.78, 5) is 4.22. The molecule has 1 aromatic rings. The zero-order chi connectivity index (χ0) is 13.7. The number of hydrogen-bond donors (Lipinski definition) is 2. The fraction of sp³-hybridized carbons (Fsp3) is 0.583. The molecule has 0 aliphatic carbocycles. The van der Waals surface area contributed by atoms with Crippen molar-refractivity contribution >= 4 is 15.8 Å². The Labute approximate surface area is 113 Å². The van der Waals surface area contributed by atoms with Gasteiger partial charge in [0, 0.05) is 32.5 Å². The van der Waals surface area contributed by atoms with Gasteiger partial charge >= 0.3 is 0 Å². The Morgan fingerprint density at radius 1 is 1.53 bits per heavy atom. The van der Waals surface area contributed by atoms with Crippen LogP contribution in [-0.4, -0.2) is 40.2 Å². The molecule has 1 atom stereocenters. The van der Waals surface area contributed by atoms with Gasteiger partial charge in [0.2, 0.25) is 10.0 Å². The third-order valence-corrected chi connectivity index (χ3v) is 4.54. The highest BCUT2D eigenvalue weighted by Crippen LogP contribution is 2.15. The zero-order valence-corrected chi connectivity index (χ0v) is 11.7. The first-order valence-corrected chi connectivity index (χ1v) is 7.81. The first kappa shape index (κ1) is 14.2. The van der Waals surface area contributed by atoms with Gasteiger partial charge in [0.05, 0.1) is 11.5 Å². The maximum atomic E-state index is 12.1. The van der Waals surface area contributed by atoms with E-state index < -0.39 is 10.0 Å². The number of rotatable bonds is 5. The van der Waals surface area contributed by atoms with Gasteiger partial charge < -0.3 is 10.1 Å². The van der Waals surface area contributed by atoms with Gasteiger partial charge in [-0.25, -0.2) is 18.1 Å². The molecule has 1 saturated heterocycles. The van der Waals surface area contributed by atoms with Crippen LogP contribution in [0.4, 0.5) is 5.82 Å². The van der Waals surface area contributed by atoms with E-state index in [4.69, 9.17) is 4.74 Å². The average molecular weight is 285 g/mol. The number of aromatic nitrogens is 1. The Balaban J connectivity index is 2.00. The minimum atomic E-state index is -3.48. The lowest BCUT2D eigenvalue weighted by molar-refractivity contribution is 0.0568. The Morgan fingerprint density at radius 2 is 2.37 bits per heavy atom. The lowest BCUT2D eigenvalue weighted by Gasteiger charge is -2.22. The lowest BCUT2D eigenvalue weighted by Crippen LogP contribution is -2.33. The van der Waals surface area contributed by atoms with Crippen molar-refractivity contribution in [2.24, 2.45) is 5.92 Å². The molecule has 6 nitrogen and oxygen atoms in total. The number of sulfonamides is 1. The third kappa shape index (κ3) is 3.89. The molecule has 19 heavy (non-hydrogen) atoms. The van der Waals surface area contributed by atoms with Crippen molar-refractivity contribution in [3.63, 3.8) is 0 Å². The van der Waals surface area contributed by atoms with Crippen molar-refractivity contribution < 1.29 is 13.2 Å². The van der Waals surface area contributed by atoms with Crippen LogP contribution in [0.1, 0.15) is 12.8 Å². The summed E-state index contributed by atoms with van der Waals surface area (Å²) < 4.78 is 32.2. The topological polar surface area (TPSA) is 80.3 Å². The summed E-state index contributed by atoms with van der Waals surface area (Å²) in [5.41, 5.74) is 0. The highest BCUT2D eigenvalue weighted by atomic mass is 32.2. The van der Waals surface area contributed by atoms with E-state index in [1.807, 2.05) is 0 Å². The van der Waals surface area contributed by atoms with Crippen LogP contribution >= 0.6 is 0 Å². The maximum Gasteiger partial charge on any atom is 0.240 e. The van der Waals surface area contributed by atoms with Crippen LogP contribution < -0.4 is 10.0 Å². The third-order valence-electron chi connectivity index (χ3n) is 3.11. The number of ether oxygens (including phenoxy) is 1. The fourth-order valence-electron chi connectivity index (χ4n) is 1.99. The Hall–Kier alpha value is -1.18. The van der Waals surface area contributed by atoms with Crippen LogP contribution in [-0.2, 0) is 14.8 Å². The summed E-state index contributed by atoms with van der Waals surface area (Å²) in [5.74, 6) is 0.790. The summed E-state index contributed by atoms with van der Waals surface area (Å²) in [6, 6.07) is 3.00. The number of hydrogen-bond acceptors (Lipinski definition) is 5. The van der Waals surface area contributed by atoms with E-state index >= 15 is 0 Å². The first-order valence-electron chi connectivity index (χ1n) is 6.33. The van der Waals surface area contributed by atoms with Gasteiger partial charge in [0.15, 0.2) is 0 Å². The second-order valence-corrected chi connectivity index (χ2v) is 6.33.